The molecule has 0 aliphatic rings. The van der Waals surface area contributed by atoms with Gasteiger partial charge in [-0.25, -0.2) is 0 Å². The Bertz CT molecular complexity index is 269. The van der Waals surface area contributed by atoms with Crippen LogP contribution in [0.5, 0.6) is 0 Å². The normalized spacial score (nSPS) is 8.69. The fourth-order valence-corrected chi connectivity index (χ4v) is 1.44. The predicted octanol–water partition coefficient (Wildman–Crippen LogP) is 3.80. The highest BCUT2D eigenvalue weighted by Gasteiger charge is 2.01. The van der Waals surface area contributed by atoms with E-state index in [0.717, 1.165) is 23.0 Å². The fraction of sp³-hybridized carbons (Fsp3) is 0.364. The van der Waals surface area contributed by atoms with E-state index in [2.05, 4.69) is 0 Å². The number of aldehydes is 1. The van der Waals surface area contributed by atoms with Crippen molar-refractivity contribution in [1.29, 1.82) is 0 Å². The summed E-state index contributed by atoms with van der Waals surface area (Å²) in [7, 11) is 0. The summed E-state index contributed by atoms with van der Waals surface area (Å²) in [6.07, 6.45) is 0.862. The van der Waals surface area contributed by atoms with Crippen LogP contribution in [0.1, 0.15) is 35.3 Å². The first-order valence-corrected chi connectivity index (χ1v) is 4.75. The van der Waals surface area contributed by atoms with Crippen LogP contribution in [0, 0.1) is 13.8 Å². The Morgan fingerprint density at radius 2 is 1.54 bits per heavy atom. The molecule has 0 heterocycles. The second kappa shape index (κ2) is 5.76. The minimum absolute atomic E-state index is 0.686. The molecule has 0 fully saturated rings. The van der Waals surface area contributed by atoms with Crippen molar-refractivity contribution < 1.29 is 4.79 Å². The van der Waals surface area contributed by atoms with Crippen molar-refractivity contribution in [3.8, 4) is 0 Å². The second-order valence-corrected chi connectivity index (χ2v) is 3.01. The van der Waals surface area contributed by atoms with E-state index in [1.54, 1.807) is 12.1 Å². The Morgan fingerprint density at radius 1 is 1.15 bits per heavy atom. The maximum atomic E-state index is 10.5. The van der Waals surface area contributed by atoms with Gasteiger partial charge in [-0.1, -0.05) is 25.4 Å². The van der Waals surface area contributed by atoms with E-state index in [-0.39, 0.29) is 0 Å². The molecule has 0 saturated carbocycles. The van der Waals surface area contributed by atoms with E-state index in [0.29, 0.717) is 5.02 Å². The zero-order chi connectivity index (χ0) is 10.4. The molecule has 1 aromatic rings. The Balaban J connectivity index is 0.000000671. The van der Waals surface area contributed by atoms with Gasteiger partial charge in [-0.2, -0.15) is 0 Å². The summed E-state index contributed by atoms with van der Waals surface area (Å²) in [5.74, 6) is 0. The molecule has 13 heavy (non-hydrogen) atoms. The molecule has 0 saturated heterocycles. The predicted molar refractivity (Wildman–Crippen MR) is 57.7 cm³/mol. The van der Waals surface area contributed by atoms with E-state index in [1.165, 1.54) is 0 Å². The first-order chi connectivity index (χ1) is 6.15. The van der Waals surface area contributed by atoms with Gasteiger partial charge in [0.15, 0.2) is 6.29 Å². The van der Waals surface area contributed by atoms with Gasteiger partial charge in [0, 0.05) is 10.6 Å². The standard InChI is InChI=1S/C9H9ClO.C2H6/c1-6-3-8(10)4-7(2)9(6)5-11;1-2/h3-5H,1-2H3;1-2H3. The number of rotatable bonds is 1. The SMILES string of the molecule is CC.Cc1cc(Cl)cc(C)c1C=O. The second-order valence-electron chi connectivity index (χ2n) is 2.57. The number of aryl methyl sites for hydroxylation is 2. The van der Waals surface area contributed by atoms with Gasteiger partial charge in [0.05, 0.1) is 0 Å². The van der Waals surface area contributed by atoms with Gasteiger partial charge >= 0.3 is 0 Å². The highest BCUT2D eigenvalue weighted by atomic mass is 35.5. The molecule has 0 N–H and O–H groups in total. The summed E-state index contributed by atoms with van der Waals surface area (Å²) in [4.78, 5) is 10.5. The Morgan fingerprint density at radius 3 is 1.85 bits per heavy atom. The third kappa shape index (κ3) is 3.19. The highest BCUT2D eigenvalue weighted by molar-refractivity contribution is 6.30. The van der Waals surface area contributed by atoms with Gasteiger partial charge in [-0.15, -0.1) is 0 Å². The topological polar surface area (TPSA) is 17.1 Å². The molecule has 0 amide bonds. The molecule has 0 aliphatic carbocycles. The van der Waals surface area contributed by atoms with E-state index >= 15 is 0 Å². The lowest BCUT2D eigenvalue weighted by molar-refractivity contribution is 0.112. The van der Waals surface area contributed by atoms with Gasteiger partial charge in [0.1, 0.15) is 0 Å². The molecular formula is C11H15ClO. The Kier molecular flexibility index (Phi) is 5.40. The van der Waals surface area contributed by atoms with Crippen LogP contribution in [0.3, 0.4) is 0 Å². The number of benzene rings is 1. The average Bonchev–Trinajstić information content (AvgIpc) is 2.07. The maximum absolute atomic E-state index is 10.5. The van der Waals surface area contributed by atoms with Gasteiger partial charge in [0.2, 0.25) is 0 Å². The molecule has 1 nitrogen and oxygen atoms in total. The number of carbonyl (C=O) groups excluding carboxylic acids is 1. The van der Waals surface area contributed by atoms with Crippen LogP contribution in [-0.4, -0.2) is 6.29 Å². The average molecular weight is 199 g/mol. The minimum atomic E-state index is 0.686. The summed E-state index contributed by atoms with van der Waals surface area (Å²) in [6, 6.07) is 3.58. The number of halogens is 1. The summed E-state index contributed by atoms with van der Waals surface area (Å²) < 4.78 is 0. The van der Waals surface area contributed by atoms with Gasteiger partial charge in [-0.3, -0.25) is 4.79 Å². The highest BCUT2D eigenvalue weighted by Crippen LogP contribution is 2.17. The lowest BCUT2D eigenvalue weighted by Crippen LogP contribution is -1.90. The molecule has 2 heteroatoms. The zero-order valence-corrected chi connectivity index (χ0v) is 9.27. The van der Waals surface area contributed by atoms with Crippen LogP contribution in [0.25, 0.3) is 0 Å². The molecule has 0 aliphatic heterocycles. The lowest BCUT2D eigenvalue weighted by atomic mass is 10.0. The molecule has 0 radical (unpaired) electrons. The molecule has 0 spiro atoms. The Labute approximate surface area is 84.7 Å². The zero-order valence-electron chi connectivity index (χ0n) is 8.52. The molecule has 0 unspecified atom stereocenters. The van der Waals surface area contributed by atoms with Crippen LogP contribution < -0.4 is 0 Å². The van der Waals surface area contributed by atoms with Crippen LogP contribution in [-0.2, 0) is 0 Å². The molecular weight excluding hydrogens is 184 g/mol. The van der Waals surface area contributed by atoms with Crippen molar-refractivity contribution >= 4 is 17.9 Å². The molecule has 72 valence electrons. The minimum Gasteiger partial charge on any atom is -0.298 e. The summed E-state index contributed by atoms with van der Waals surface area (Å²) in [6.45, 7) is 7.76. The number of hydrogen-bond donors (Lipinski definition) is 0. The fourth-order valence-electron chi connectivity index (χ4n) is 1.11. The molecule has 0 atom stereocenters. The van der Waals surface area contributed by atoms with Crippen molar-refractivity contribution in [1.82, 2.24) is 0 Å². The van der Waals surface area contributed by atoms with Crippen molar-refractivity contribution in [2.45, 2.75) is 27.7 Å². The van der Waals surface area contributed by atoms with Crippen molar-refractivity contribution in [3.63, 3.8) is 0 Å². The van der Waals surface area contributed by atoms with Crippen LogP contribution in [0.15, 0.2) is 12.1 Å². The number of carbonyl (C=O) groups is 1. The molecule has 0 aromatic heterocycles. The quantitative estimate of drug-likeness (QED) is 0.628. The number of hydrogen-bond acceptors (Lipinski definition) is 1. The smallest absolute Gasteiger partial charge is 0.150 e. The Hall–Kier alpha value is -0.820. The van der Waals surface area contributed by atoms with E-state index < -0.39 is 0 Å². The summed E-state index contributed by atoms with van der Waals surface area (Å²) >= 11 is 5.76. The third-order valence-electron chi connectivity index (χ3n) is 1.68. The van der Waals surface area contributed by atoms with Gasteiger partial charge in [-0.05, 0) is 37.1 Å². The maximum Gasteiger partial charge on any atom is 0.150 e. The molecule has 0 bridgehead atoms. The van der Waals surface area contributed by atoms with Crippen molar-refractivity contribution in [2.24, 2.45) is 0 Å². The van der Waals surface area contributed by atoms with E-state index in [9.17, 15) is 4.79 Å². The molecule has 1 aromatic carbocycles. The van der Waals surface area contributed by atoms with Gasteiger partial charge < -0.3 is 0 Å². The van der Waals surface area contributed by atoms with Gasteiger partial charge in [0.25, 0.3) is 0 Å². The first-order valence-electron chi connectivity index (χ1n) is 4.37. The van der Waals surface area contributed by atoms with Crippen molar-refractivity contribution in [3.05, 3.63) is 33.8 Å². The lowest BCUT2D eigenvalue weighted by Gasteiger charge is -2.02. The molecule has 1 rings (SSSR count). The summed E-state index contributed by atoms with van der Waals surface area (Å²) in [5, 5.41) is 0.686. The largest absolute Gasteiger partial charge is 0.298 e. The monoisotopic (exact) mass is 198 g/mol. The van der Waals surface area contributed by atoms with E-state index in [1.807, 2.05) is 27.7 Å². The summed E-state index contributed by atoms with van der Waals surface area (Å²) in [5.41, 5.74) is 2.62. The first kappa shape index (κ1) is 12.2. The van der Waals surface area contributed by atoms with E-state index in [4.69, 9.17) is 11.6 Å². The van der Waals surface area contributed by atoms with Crippen molar-refractivity contribution in [2.75, 3.05) is 0 Å². The van der Waals surface area contributed by atoms with Crippen LogP contribution in [0.2, 0.25) is 5.02 Å². The third-order valence-corrected chi connectivity index (χ3v) is 1.89. The van der Waals surface area contributed by atoms with Crippen LogP contribution >= 0.6 is 11.6 Å². The van der Waals surface area contributed by atoms with Crippen LogP contribution in [0.4, 0.5) is 0 Å².